The van der Waals surface area contributed by atoms with Gasteiger partial charge in [-0.3, -0.25) is 14.2 Å². The zero-order valence-corrected chi connectivity index (χ0v) is 14.8. The Hall–Kier alpha value is -2.66. The molecule has 6 heteroatoms. The van der Waals surface area contributed by atoms with Crippen LogP contribution in [0, 0.1) is 6.92 Å². The van der Waals surface area contributed by atoms with Gasteiger partial charge < -0.3 is 5.32 Å². The normalized spacial score (nSPS) is 10.8. The predicted octanol–water partition coefficient (Wildman–Crippen LogP) is 3.56. The quantitative estimate of drug-likeness (QED) is 0.778. The zero-order valence-electron chi connectivity index (χ0n) is 14.0. The molecule has 1 amide bonds. The molecule has 0 aliphatic heterocycles. The van der Waals surface area contributed by atoms with Crippen LogP contribution in [0.5, 0.6) is 0 Å². The summed E-state index contributed by atoms with van der Waals surface area (Å²) in [4.78, 5) is 29.7. The average molecular weight is 356 g/mol. The van der Waals surface area contributed by atoms with Gasteiger partial charge >= 0.3 is 0 Å². The molecule has 0 aliphatic rings. The van der Waals surface area contributed by atoms with Gasteiger partial charge in [0.1, 0.15) is 12.4 Å². The molecule has 0 atom stereocenters. The van der Waals surface area contributed by atoms with Gasteiger partial charge in [0, 0.05) is 6.42 Å². The Labute approximate surface area is 150 Å². The first kappa shape index (κ1) is 17.2. The lowest BCUT2D eigenvalue weighted by molar-refractivity contribution is -0.116. The minimum absolute atomic E-state index is 0.107. The van der Waals surface area contributed by atoms with E-state index in [-0.39, 0.29) is 18.0 Å². The van der Waals surface area contributed by atoms with E-state index in [1.54, 1.807) is 24.3 Å². The topological polar surface area (TPSA) is 64.0 Å². The molecule has 1 aromatic heterocycles. The van der Waals surface area contributed by atoms with Gasteiger partial charge in [-0.15, -0.1) is 0 Å². The minimum Gasteiger partial charge on any atom is -0.323 e. The van der Waals surface area contributed by atoms with E-state index in [1.807, 2.05) is 32.0 Å². The molecule has 0 fully saturated rings. The smallest absolute Gasteiger partial charge is 0.261 e. The number of benzene rings is 2. The number of aryl methyl sites for hydroxylation is 2. The largest absolute Gasteiger partial charge is 0.323 e. The molecule has 0 bridgehead atoms. The number of nitrogens with one attached hydrogen (secondary N) is 1. The summed E-state index contributed by atoms with van der Waals surface area (Å²) in [7, 11) is 0. The van der Waals surface area contributed by atoms with Crippen LogP contribution < -0.4 is 10.9 Å². The second-order valence-corrected chi connectivity index (χ2v) is 6.18. The third-order valence-corrected chi connectivity index (χ3v) is 4.36. The molecule has 0 radical (unpaired) electrons. The average Bonchev–Trinajstić information content (AvgIpc) is 2.60. The van der Waals surface area contributed by atoms with E-state index in [4.69, 9.17) is 11.6 Å². The van der Waals surface area contributed by atoms with Gasteiger partial charge in [0.15, 0.2) is 0 Å². The third kappa shape index (κ3) is 3.42. The van der Waals surface area contributed by atoms with Crippen molar-refractivity contribution in [2.75, 3.05) is 5.32 Å². The number of rotatable bonds is 4. The fourth-order valence-electron chi connectivity index (χ4n) is 2.76. The Balaban J connectivity index is 1.96. The van der Waals surface area contributed by atoms with Crippen LogP contribution in [0.4, 0.5) is 5.69 Å². The maximum absolute atomic E-state index is 12.7. The molecule has 0 unspecified atom stereocenters. The number of hydrogen-bond donors (Lipinski definition) is 1. The maximum atomic E-state index is 12.7. The van der Waals surface area contributed by atoms with Gasteiger partial charge in [0.2, 0.25) is 5.91 Å². The van der Waals surface area contributed by atoms with Crippen molar-refractivity contribution in [3.05, 3.63) is 69.2 Å². The summed E-state index contributed by atoms with van der Waals surface area (Å²) in [5.41, 5.74) is 1.85. The Morgan fingerprint density at radius 1 is 1.20 bits per heavy atom. The molecule has 0 saturated heterocycles. The number of nitrogens with zero attached hydrogens (tertiary/aromatic N) is 2. The Bertz CT molecular complexity index is 991. The SMILES string of the molecule is CCc1nc2ccccc2c(=O)n1CC(=O)Nc1c(C)cccc1Cl. The second-order valence-electron chi connectivity index (χ2n) is 5.77. The molecule has 0 saturated carbocycles. The van der Waals surface area contributed by atoms with Crippen LogP contribution in [0.25, 0.3) is 10.9 Å². The molecule has 5 nitrogen and oxygen atoms in total. The molecule has 0 aliphatic carbocycles. The van der Waals surface area contributed by atoms with Crippen LogP contribution in [0.2, 0.25) is 5.02 Å². The number of aromatic nitrogens is 2. The number of fused-ring (bicyclic) bond motifs is 1. The Morgan fingerprint density at radius 3 is 2.68 bits per heavy atom. The fraction of sp³-hybridized carbons (Fsp3) is 0.211. The van der Waals surface area contributed by atoms with Gasteiger partial charge in [-0.05, 0) is 30.7 Å². The van der Waals surface area contributed by atoms with Gasteiger partial charge in [0.05, 0.1) is 21.6 Å². The number of amides is 1. The molecule has 1 heterocycles. The lowest BCUT2D eigenvalue weighted by Crippen LogP contribution is -2.31. The van der Waals surface area contributed by atoms with Crippen LogP contribution in [-0.2, 0) is 17.8 Å². The number of para-hydroxylation sites is 2. The maximum Gasteiger partial charge on any atom is 0.261 e. The van der Waals surface area contributed by atoms with E-state index < -0.39 is 0 Å². The van der Waals surface area contributed by atoms with Gasteiger partial charge in [-0.1, -0.05) is 42.8 Å². The molecular weight excluding hydrogens is 338 g/mol. The highest BCUT2D eigenvalue weighted by Crippen LogP contribution is 2.25. The van der Waals surface area contributed by atoms with Crippen LogP contribution in [0.15, 0.2) is 47.3 Å². The third-order valence-electron chi connectivity index (χ3n) is 4.05. The lowest BCUT2D eigenvalue weighted by Gasteiger charge is -2.14. The van der Waals surface area contributed by atoms with Crippen molar-refractivity contribution < 1.29 is 4.79 Å². The van der Waals surface area contributed by atoms with Crippen molar-refractivity contribution in [1.29, 1.82) is 0 Å². The van der Waals surface area contributed by atoms with Crippen LogP contribution in [0.1, 0.15) is 18.3 Å². The van der Waals surface area contributed by atoms with Crippen molar-refractivity contribution in [3.63, 3.8) is 0 Å². The molecule has 2 aromatic carbocycles. The van der Waals surface area contributed by atoms with Gasteiger partial charge in [-0.25, -0.2) is 4.98 Å². The number of anilines is 1. The van der Waals surface area contributed by atoms with Crippen molar-refractivity contribution in [3.8, 4) is 0 Å². The highest BCUT2D eigenvalue weighted by molar-refractivity contribution is 6.33. The first-order valence-corrected chi connectivity index (χ1v) is 8.42. The lowest BCUT2D eigenvalue weighted by atomic mass is 10.2. The Kier molecular flexibility index (Phi) is 4.86. The minimum atomic E-state index is -0.315. The summed E-state index contributed by atoms with van der Waals surface area (Å²) >= 11 is 6.15. The van der Waals surface area contributed by atoms with E-state index in [9.17, 15) is 9.59 Å². The van der Waals surface area contributed by atoms with Crippen LogP contribution >= 0.6 is 11.6 Å². The van der Waals surface area contributed by atoms with Gasteiger partial charge in [-0.2, -0.15) is 0 Å². The van der Waals surface area contributed by atoms with Crippen molar-refractivity contribution >= 4 is 34.1 Å². The summed E-state index contributed by atoms with van der Waals surface area (Å²) in [5, 5.41) is 3.76. The summed E-state index contributed by atoms with van der Waals surface area (Å²) in [6.07, 6.45) is 0.554. The molecule has 1 N–H and O–H groups in total. The highest BCUT2D eigenvalue weighted by Gasteiger charge is 2.14. The summed E-state index contributed by atoms with van der Waals surface area (Å²) in [5.74, 6) is 0.264. The second kappa shape index (κ2) is 7.07. The van der Waals surface area contributed by atoms with Crippen molar-refractivity contribution in [2.45, 2.75) is 26.8 Å². The molecule has 128 valence electrons. The Morgan fingerprint density at radius 2 is 1.96 bits per heavy atom. The zero-order chi connectivity index (χ0) is 18.0. The summed E-state index contributed by atoms with van der Waals surface area (Å²) < 4.78 is 1.42. The summed E-state index contributed by atoms with van der Waals surface area (Å²) in [6, 6.07) is 12.5. The standard InChI is InChI=1S/C19H18ClN3O2/c1-3-16-21-15-10-5-4-8-13(15)19(25)23(16)11-17(24)22-18-12(2)7-6-9-14(18)20/h4-10H,3,11H2,1-2H3,(H,22,24). The first-order chi connectivity index (χ1) is 12.0. The number of carbonyl (C=O) groups is 1. The number of halogens is 1. The predicted molar refractivity (Wildman–Crippen MR) is 100 cm³/mol. The van der Waals surface area contributed by atoms with E-state index in [2.05, 4.69) is 10.3 Å². The van der Waals surface area contributed by atoms with E-state index in [0.717, 1.165) is 5.56 Å². The number of hydrogen-bond acceptors (Lipinski definition) is 3. The fourth-order valence-corrected chi connectivity index (χ4v) is 3.03. The van der Waals surface area contributed by atoms with E-state index >= 15 is 0 Å². The number of carbonyl (C=O) groups excluding carboxylic acids is 1. The molecule has 0 spiro atoms. The molecule has 25 heavy (non-hydrogen) atoms. The monoisotopic (exact) mass is 355 g/mol. The summed E-state index contributed by atoms with van der Waals surface area (Å²) in [6.45, 7) is 3.66. The van der Waals surface area contributed by atoms with Crippen molar-refractivity contribution in [2.24, 2.45) is 0 Å². The van der Waals surface area contributed by atoms with Crippen LogP contribution in [-0.4, -0.2) is 15.5 Å². The molecule has 3 aromatic rings. The van der Waals surface area contributed by atoms with Crippen LogP contribution in [0.3, 0.4) is 0 Å². The molecular formula is C19H18ClN3O2. The van der Waals surface area contributed by atoms with E-state index in [1.165, 1.54) is 4.57 Å². The first-order valence-electron chi connectivity index (χ1n) is 8.04. The van der Waals surface area contributed by atoms with Gasteiger partial charge in [0.25, 0.3) is 5.56 Å². The van der Waals surface area contributed by atoms with E-state index in [0.29, 0.717) is 33.9 Å². The van der Waals surface area contributed by atoms with Crippen molar-refractivity contribution in [1.82, 2.24) is 9.55 Å². The molecule has 3 rings (SSSR count). The highest BCUT2D eigenvalue weighted by atomic mass is 35.5.